The Kier molecular flexibility index (Phi) is 6.93. The number of allylic oxidation sites excluding steroid dienone is 5. The molecule has 0 rings (SSSR count). The largest absolute Gasteiger partial charge is 0.328 e. The van der Waals surface area contributed by atoms with Crippen molar-refractivity contribution in [3.05, 3.63) is 48.5 Å². The minimum atomic E-state index is 0.0523. The summed E-state index contributed by atoms with van der Waals surface area (Å²) in [6.45, 7) is 11.4. The maximum Gasteiger partial charge on any atom is 0.161 e. The molecule has 0 saturated carbocycles. The minimum absolute atomic E-state index is 0.0523. The molecule has 0 fully saturated rings. The second kappa shape index (κ2) is 7.69. The van der Waals surface area contributed by atoms with Crippen molar-refractivity contribution in [1.82, 2.24) is 4.90 Å². The van der Waals surface area contributed by atoms with Crippen LogP contribution in [0.2, 0.25) is 0 Å². The zero-order chi connectivity index (χ0) is 12.6. The Hall–Kier alpha value is -1.57. The van der Waals surface area contributed by atoms with Crippen molar-refractivity contribution in [2.24, 2.45) is 0 Å². The maximum absolute atomic E-state index is 11.4. The van der Waals surface area contributed by atoms with Crippen LogP contribution in [0.5, 0.6) is 0 Å². The summed E-state index contributed by atoms with van der Waals surface area (Å²) in [5, 5.41) is 0. The Morgan fingerprint density at radius 2 is 1.94 bits per heavy atom. The molecule has 0 amide bonds. The van der Waals surface area contributed by atoms with Crippen LogP contribution in [0.15, 0.2) is 48.5 Å². The van der Waals surface area contributed by atoms with E-state index in [2.05, 4.69) is 6.58 Å². The van der Waals surface area contributed by atoms with Crippen molar-refractivity contribution >= 4 is 5.78 Å². The molecule has 0 atom stereocenters. The predicted molar refractivity (Wildman–Crippen MR) is 69.7 cm³/mol. The summed E-state index contributed by atoms with van der Waals surface area (Å²) in [5.74, 6) is 0.0523. The first-order valence-electron chi connectivity index (χ1n) is 5.51. The molecule has 0 aliphatic heterocycles. The molecule has 2 nitrogen and oxygen atoms in total. The molecule has 0 aromatic carbocycles. The van der Waals surface area contributed by atoms with Crippen LogP contribution in [0.3, 0.4) is 0 Å². The molecule has 0 aromatic heterocycles. The number of rotatable bonds is 6. The summed E-state index contributed by atoms with van der Waals surface area (Å²) in [7, 11) is 0. The van der Waals surface area contributed by atoms with Crippen LogP contribution in [0, 0.1) is 0 Å². The van der Waals surface area contributed by atoms with E-state index in [1.165, 1.54) is 0 Å². The van der Waals surface area contributed by atoms with Crippen molar-refractivity contribution in [1.29, 1.82) is 0 Å². The molecule has 0 aromatic rings. The molecule has 2 heteroatoms. The zero-order valence-corrected chi connectivity index (χ0v) is 10.7. The van der Waals surface area contributed by atoms with Gasteiger partial charge in [0.05, 0.1) is 0 Å². The molecule has 88 valence electrons. The van der Waals surface area contributed by atoms with Crippen molar-refractivity contribution in [3.8, 4) is 0 Å². The van der Waals surface area contributed by atoms with Crippen LogP contribution < -0.4 is 0 Å². The quantitative estimate of drug-likeness (QED) is 0.500. The van der Waals surface area contributed by atoms with Gasteiger partial charge in [-0.05, 0) is 27.2 Å². The van der Waals surface area contributed by atoms with Gasteiger partial charge in [-0.1, -0.05) is 31.7 Å². The molecule has 0 N–H and O–H groups in total. The number of hydrogen-bond donors (Lipinski definition) is 0. The first-order chi connectivity index (χ1) is 7.56. The topological polar surface area (TPSA) is 20.3 Å². The van der Waals surface area contributed by atoms with Crippen molar-refractivity contribution < 1.29 is 4.79 Å². The fraction of sp³-hybridized carbons (Fsp3) is 0.357. The van der Waals surface area contributed by atoms with Crippen LogP contribution in [0.25, 0.3) is 0 Å². The number of ketones is 1. The summed E-state index contributed by atoms with van der Waals surface area (Å²) < 4.78 is 0. The van der Waals surface area contributed by atoms with E-state index < -0.39 is 0 Å². The van der Waals surface area contributed by atoms with Gasteiger partial charge in [-0.25, -0.2) is 0 Å². The summed E-state index contributed by atoms with van der Waals surface area (Å²) in [6, 6.07) is 0. The third-order valence-electron chi connectivity index (χ3n) is 2.11. The minimum Gasteiger partial charge on any atom is -0.328 e. The fourth-order valence-electron chi connectivity index (χ4n) is 1.16. The fourth-order valence-corrected chi connectivity index (χ4v) is 1.16. The van der Waals surface area contributed by atoms with Gasteiger partial charge >= 0.3 is 0 Å². The smallest absolute Gasteiger partial charge is 0.161 e. The van der Waals surface area contributed by atoms with Crippen LogP contribution in [-0.2, 0) is 4.79 Å². The SMILES string of the molecule is C=C(CC)N(/C=C\C)/C=C(\C=C\C)C(C)=O. The lowest BCUT2D eigenvalue weighted by atomic mass is 10.2. The van der Waals surface area contributed by atoms with E-state index in [0.29, 0.717) is 5.57 Å². The average Bonchev–Trinajstić information content (AvgIpc) is 2.26. The van der Waals surface area contributed by atoms with Crippen LogP contribution in [-0.4, -0.2) is 10.7 Å². The number of carbonyl (C=O) groups is 1. The van der Waals surface area contributed by atoms with E-state index in [1.54, 1.807) is 6.92 Å². The number of nitrogens with zero attached hydrogens (tertiary/aromatic N) is 1. The molecule has 16 heavy (non-hydrogen) atoms. The molecule has 0 aliphatic rings. The zero-order valence-electron chi connectivity index (χ0n) is 10.7. The summed E-state index contributed by atoms with van der Waals surface area (Å²) in [6.07, 6.45) is 10.1. The molecular weight excluding hydrogens is 198 g/mol. The first kappa shape index (κ1) is 14.4. The lowest BCUT2D eigenvalue weighted by Gasteiger charge is -2.18. The number of hydrogen-bond acceptors (Lipinski definition) is 2. The summed E-state index contributed by atoms with van der Waals surface area (Å²) >= 11 is 0. The van der Waals surface area contributed by atoms with Gasteiger partial charge in [0.2, 0.25) is 0 Å². The van der Waals surface area contributed by atoms with E-state index in [0.717, 1.165) is 12.1 Å². The number of Topliss-reactive ketones (excluding diaryl/α,β-unsaturated/α-hetero) is 1. The highest BCUT2D eigenvalue weighted by atomic mass is 16.1. The third kappa shape index (κ3) is 4.78. The Morgan fingerprint density at radius 1 is 1.31 bits per heavy atom. The standard InChI is InChI=1S/C14H21NO/c1-6-9-14(13(5)16)11-15(10-7-2)12(4)8-3/h6-7,9-11H,4,8H2,1-3,5H3/b9-6+,10-7-,14-11+. The van der Waals surface area contributed by atoms with E-state index in [4.69, 9.17) is 0 Å². The second-order valence-corrected chi connectivity index (χ2v) is 3.45. The van der Waals surface area contributed by atoms with E-state index in [-0.39, 0.29) is 5.78 Å². The lowest BCUT2D eigenvalue weighted by molar-refractivity contribution is -0.113. The maximum atomic E-state index is 11.4. The van der Waals surface area contributed by atoms with Gasteiger partial charge in [0.25, 0.3) is 0 Å². The monoisotopic (exact) mass is 219 g/mol. The first-order valence-corrected chi connectivity index (χ1v) is 5.51. The van der Waals surface area contributed by atoms with Crippen molar-refractivity contribution in [3.63, 3.8) is 0 Å². The van der Waals surface area contributed by atoms with Crippen LogP contribution in [0.1, 0.15) is 34.1 Å². The van der Waals surface area contributed by atoms with Gasteiger partial charge < -0.3 is 4.90 Å². The molecule has 0 spiro atoms. The van der Waals surface area contributed by atoms with Crippen molar-refractivity contribution in [2.75, 3.05) is 0 Å². The number of carbonyl (C=O) groups excluding carboxylic acids is 1. The van der Waals surface area contributed by atoms with Gasteiger partial charge in [0, 0.05) is 23.7 Å². The third-order valence-corrected chi connectivity index (χ3v) is 2.11. The highest BCUT2D eigenvalue weighted by Crippen LogP contribution is 2.11. The van der Waals surface area contributed by atoms with Gasteiger partial charge in [0.15, 0.2) is 5.78 Å². The molecular formula is C14H21NO. The van der Waals surface area contributed by atoms with Crippen molar-refractivity contribution in [2.45, 2.75) is 34.1 Å². The van der Waals surface area contributed by atoms with Gasteiger partial charge in [-0.15, -0.1) is 0 Å². The Morgan fingerprint density at radius 3 is 2.31 bits per heavy atom. The van der Waals surface area contributed by atoms with Gasteiger partial charge in [-0.2, -0.15) is 0 Å². The van der Waals surface area contributed by atoms with E-state index >= 15 is 0 Å². The Balaban J connectivity index is 5.13. The van der Waals surface area contributed by atoms with E-state index in [1.807, 2.05) is 56.3 Å². The highest BCUT2D eigenvalue weighted by Gasteiger charge is 2.04. The predicted octanol–water partition coefficient (Wildman–Crippen LogP) is 3.79. The highest BCUT2D eigenvalue weighted by molar-refractivity contribution is 5.95. The summed E-state index contributed by atoms with van der Waals surface area (Å²) in [4.78, 5) is 13.3. The summed E-state index contributed by atoms with van der Waals surface area (Å²) in [5.41, 5.74) is 1.64. The Bertz CT molecular complexity index is 335. The van der Waals surface area contributed by atoms with Crippen LogP contribution in [0.4, 0.5) is 0 Å². The molecule has 0 bridgehead atoms. The van der Waals surface area contributed by atoms with E-state index in [9.17, 15) is 4.79 Å². The van der Waals surface area contributed by atoms with Gasteiger partial charge in [-0.3, -0.25) is 4.79 Å². The molecule has 0 heterocycles. The molecule has 0 aliphatic carbocycles. The second-order valence-electron chi connectivity index (χ2n) is 3.45. The lowest BCUT2D eigenvalue weighted by Crippen LogP contribution is -2.10. The average molecular weight is 219 g/mol. The molecule has 0 saturated heterocycles. The molecule has 0 unspecified atom stereocenters. The van der Waals surface area contributed by atoms with Crippen LogP contribution >= 0.6 is 0 Å². The Labute approximate surface area is 98.6 Å². The molecule has 0 radical (unpaired) electrons. The normalized spacial score (nSPS) is 12.4. The van der Waals surface area contributed by atoms with Gasteiger partial charge in [0.1, 0.15) is 0 Å².